The second kappa shape index (κ2) is 6.80. The van der Waals surface area contributed by atoms with Gasteiger partial charge in [-0.3, -0.25) is 9.59 Å². The fraction of sp³-hybridized carbons (Fsp3) is 0.111. The summed E-state index contributed by atoms with van der Waals surface area (Å²) in [5.41, 5.74) is 1.27. The zero-order valence-electron chi connectivity index (χ0n) is 13.2. The molecule has 122 valence electrons. The lowest BCUT2D eigenvalue weighted by molar-refractivity contribution is -0.113. The average molecular weight is 341 g/mol. The van der Waals surface area contributed by atoms with Crippen LogP contribution in [-0.2, 0) is 4.79 Å². The Morgan fingerprint density at radius 2 is 1.75 bits per heavy atom. The maximum atomic E-state index is 12.6. The largest absolute Gasteiger partial charge is 0.497 e. The molecule has 3 rings (SSSR count). The fourth-order valence-corrected chi connectivity index (χ4v) is 3.18. The molecule has 0 radical (unpaired) electrons. The monoisotopic (exact) mass is 341 g/mol. The van der Waals surface area contributed by atoms with E-state index in [0.29, 0.717) is 27.7 Å². The third-order valence-corrected chi connectivity index (χ3v) is 4.40. The van der Waals surface area contributed by atoms with Crippen molar-refractivity contribution in [1.29, 1.82) is 0 Å². The van der Waals surface area contributed by atoms with Crippen molar-refractivity contribution < 1.29 is 19.1 Å². The number of ether oxygens (including phenoxy) is 2. The summed E-state index contributed by atoms with van der Waals surface area (Å²) < 4.78 is 10.5. The van der Waals surface area contributed by atoms with E-state index in [0.717, 1.165) is 11.8 Å². The molecule has 24 heavy (non-hydrogen) atoms. The van der Waals surface area contributed by atoms with E-state index in [9.17, 15) is 9.59 Å². The van der Waals surface area contributed by atoms with Gasteiger partial charge in [-0.05, 0) is 42.1 Å². The third-order valence-electron chi connectivity index (χ3n) is 3.54. The highest BCUT2D eigenvalue weighted by atomic mass is 32.2. The molecule has 0 atom stereocenters. The van der Waals surface area contributed by atoms with Gasteiger partial charge in [0.1, 0.15) is 11.5 Å². The van der Waals surface area contributed by atoms with Crippen molar-refractivity contribution in [2.75, 3.05) is 19.1 Å². The smallest absolute Gasteiger partial charge is 0.298 e. The van der Waals surface area contributed by atoms with Crippen LogP contribution in [0.1, 0.15) is 5.56 Å². The van der Waals surface area contributed by atoms with Gasteiger partial charge in [-0.1, -0.05) is 18.2 Å². The topological polar surface area (TPSA) is 55.8 Å². The number of para-hydroxylation sites is 1. The molecule has 2 amide bonds. The molecule has 1 aliphatic rings. The Kier molecular flexibility index (Phi) is 4.57. The summed E-state index contributed by atoms with van der Waals surface area (Å²) in [7, 11) is 3.11. The second-order valence-electron chi connectivity index (χ2n) is 4.96. The van der Waals surface area contributed by atoms with Crippen molar-refractivity contribution in [1.82, 2.24) is 0 Å². The van der Waals surface area contributed by atoms with Crippen molar-refractivity contribution in [3.63, 3.8) is 0 Å². The zero-order chi connectivity index (χ0) is 17.1. The van der Waals surface area contributed by atoms with E-state index < -0.39 is 0 Å². The number of nitrogens with zero attached hydrogens (tertiary/aromatic N) is 1. The molecule has 1 fully saturated rings. The molecule has 0 N–H and O–H groups in total. The minimum Gasteiger partial charge on any atom is -0.497 e. The van der Waals surface area contributed by atoms with Crippen molar-refractivity contribution in [2.24, 2.45) is 0 Å². The zero-order valence-corrected chi connectivity index (χ0v) is 14.0. The number of benzene rings is 2. The normalized spacial score (nSPS) is 15.9. The van der Waals surface area contributed by atoms with Crippen LogP contribution in [0.5, 0.6) is 11.5 Å². The van der Waals surface area contributed by atoms with Crippen LogP contribution >= 0.6 is 11.8 Å². The number of rotatable bonds is 4. The molecule has 1 saturated heterocycles. The number of hydrogen-bond donors (Lipinski definition) is 0. The lowest BCUT2D eigenvalue weighted by Crippen LogP contribution is -2.27. The molecule has 2 aromatic carbocycles. The molecule has 0 aliphatic carbocycles. The number of hydrogen-bond acceptors (Lipinski definition) is 5. The summed E-state index contributed by atoms with van der Waals surface area (Å²) in [6.45, 7) is 0. The van der Waals surface area contributed by atoms with Crippen LogP contribution in [0.3, 0.4) is 0 Å². The highest BCUT2D eigenvalue weighted by molar-refractivity contribution is 8.19. The number of thioether (sulfide) groups is 1. The van der Waals surface area contributed by atoms with Crippen LogP contribution in [0.4, 0.5) is 10.5 Å². The van der Waals surface area contributed by atoms with Crippen LogP contribution < -0.4 is 14.4 Å². The van der Waals surface area contributed by atoms with E-state index >= 15 is 0 Å². The number of methoxy groups -OCH3 is 2. The minimum absolute atomic E-state index is 0.315. The maximum Gasteiger partial charge on any atom is 0.298 e. The van der Waals surface area contributed by atoms with Crippen molar-refractivity contribution in [2.45, 2.75) is 0 Å². The van der Waals surface area contributed by atoms with Crippen molar-refractivity contribution in [3.05, 3.63) is 59.0 Å². The van der Waals surface area contributed by atoms with Gasteiger partial charge in [0.2, 0.25) is 0 Å². The molecule has 5 nitrogen and oxygen atoms in total. The molecule has 1 aliphatic heterocycles. The van der Waals surface area contributed by atoms with Crippen LogP contribution in [-0.4, -0.2) is 25.4 Å². The van der Waals surface area contributed by atoms with Crippen LogP contribution in [0, 0.1) is 0 Å². The third kappa shape index (κ3) is 3.00. The SMILES string of the molecule is COc1ccc(/C=C2\SC(=O)N(c3ccccc3)C2=O)c(OC)c1. The standard InChI is InChI=1S/C18H15NO4S/c1-22-14-9-8-12(15(11-14)23-2)10-16-17(20)19(18(21)24-16)13-6-4-3-5-7-13/h3-11H,1-2H3/b16-10-. The molecule has 0 aromatic heterocycles. The van der Waals surface area contributed by atoms with E-state index in [2.05, 4.69) is 0 Å². The van der Waals surface area contributed by atoms with Gasteiger partial charge in [0.25, 0.3) is 11.1 Å². The Morgan fingerprint density at radius 1 is 1.00 bits per heavy atom. The fourth-order valence-electron chi connectivity index (χ4n) is 2.35. The first kappa shape index (κ1) is 16.1. The van der Waals surface area contributed by atoms with Gasteiger partial charge in [-0.15, -0.1) is 0 Å². The predicted octanol–water partition coefficient (Wildman–Crippen LogP) is 3.94. The lowest BCUT2D eigenvalue weighted by Gasteiger charge is -2.11. The Morgan fingerprint density at radius 3 is 2.42 bits per heavy atom. The predicted molar refractivity (Wildman–Crippen MR) is 94.4 cm³/mol. The first-order chi connectivity index (χ1) is 11.6. The number of imide groups is 1. The number of anilines is 1. The molecule has 0 bridgehead atoms. The van der Waals surface area contributed by atoms with Gasteiger partial charge in [0.05, 0.1) is 24.8 Å². The minimum atomic E-state index is -0.339. The average Bonchev–Trinajstić information content (AvgIpc) is 2.89. The Bertz CT molecular complexity index is 817. The van der Waals surface area contributed by atoms with E-state index in [1.54, 1.807) is 62.8 Å². The van der Waals surface area contributed by atoms with E-state index in [1.807, 2.05) is 6.07 Å². The molecular weight excluding hydrogens is 326 g/mol. The second-order valence-corrected chi connectivity index (χ2v) is 5.95. The summed E-state index contributed by atoms with van der Waals surface area (Å²) >= 11 is 0.912. The summed E-state index contributed by atoms with van der Waals surface area (Å²) in [4.78, 5) is 26.3. The van der Waals surface area contributed by atoms with Gasteiger partial charge in [-0.25, -0.2) is 4.90 Å². The van der Waals surface area contributed by atoms with Crippen LogP contribution in [0.2, 0.25) is 0 Å². The summed E-state index contributed by atoms with van der Waals surface area (Å²) in [6.07, 6.45) is 1.66. The molecule has 0 spiro atoms. The van der Waals surface area contributed by atoms with Crippen LogP contribution in [0.25, 0.3) is 6.08 Å². The van der Waals surface area contributed by atoms with Gasteiger partial charge in [0, 0.05) is 11.6 Å². The Hall–Kier alpha value is -2.73. The van der Waals surface area contributed by atoms with Crippen LogP contribution in [0.15, 0.2) is 53.4 Å². The first-order valence-electron chi connectivity index (χ1n) is 7.19. The number of amides is 2. The van der Waals surface area contributed by atoms with E-state index in [4.69, 9.17) is 9.47 Å². The summed E-state index contributed by atoms with van der Waals surface area (Å²) in [5.74, 6) is 0.885. The summed E-state index contributed by atoms with van der Waals surface area (Å²) in [5, 5.41) is -0.315. The molecule has 0 saturated carbocycles. The quantitative estimate of drug-likeness (QED) is 0.788. The number of carbonyl (C=O) groups is 2. The summed E-state index contributed by atoms with van der Waals surface area (Å²) in [6, 6.07) is 14.2. The molecular formula is C18H15NO4S. The molecule has 2 aromatic rings. The molecule has 0 unspecified atom stereocenters. The van der Waals surface area contributed by atoms with Crippen molar-refractivity contribution in [3.8, 4) is 11.5 Å². The Balaban J connectivity index is 1.95. The van der Waals surface area contributed by atoms with Gasteiger partial charge in [-0.2, -0.15) is 0 Å². The van der Waals surface area contributed by atoms with Crippen molar-refractivity contribution >= 4 is 34.7 Å². The van der Waals surface area contributed by atoms with E-state index in [-0.39, 0.29) is 11.1 Å². The highest BCUT2D eigenvalue weighted by Crippen LogP contribution is 2.37. The lowest BCUT2D eigenvalue weighted by atomic mass is 10.1. The highest BCUT2D eigenvalue weighted by Gasteiger charge is 2.36. The molecule has 1 heterocycles. The van der Waals surface area contributed by atoms with Gasteiger partial charge < -0.3 is 9.47 Å². The molecule has 6 heteroatoms. The number of carbonyl (C=O) groups excluding carboxylic acids is 2. The Labute approximate surface area is 143 Å². The first-order valence-corrected chi connectivity index (χ1v) is 8.00. The van der Waals surface area contributed by atoms with E-state index in [1.165, 1.54) is 4.90 Å². The maximum absolute atomic E-state index is 12.6. The van der Waals surface area contributed by atoms with Gasteiger partial charge >= 0.3 is 0 Å². The van der Waals surface area contributed by atoms with Gasteiger partial charge in [0.15, 0.2) is 0 Å².